The summed E-state index contributed by atoms with van der Waals surface area (Å²) in [6.45, 7) is 0. The van der Waals surface area contributed by atoms with Gasteiger partial charge < -0.3 is 5.11 Å². The number of benzene rings is 1. The average molecular weight is 273 g/mol. The molecule has 2 rings (SSSR count). The fourth-order valence-corrected chi connectivity index (χ4v) is 2.21. The first-order chi connectivity index (χ1) is 8.39. The average Bonchev–Trinajstić information content (AvgIpc) is 2.77. The predicted molar refractivity (Wildman–Crippen MR) is 59.5 cm³/mol. The molecule has 1 aromatic heterocycles. The zero-order valence-electron chi connectivity index (χ0n) is 8.73. The second-order valence-corrected chi connectivity index (χ2v) is 4.41. The van der Waals surface area contributed by atoms with Crippen LogP contribution in [0.15, 0.2) is 30.5 Å². The highest BCUT2D eigenvalue weighted by Crippen LogP contribution is 2.38. The maximum absolute atomic E-state index is 12.8. The van der Waals surface area contributed by atoms with Crippen molar-refractivity contribution in [2.24, 2.45) is 0 Å². The van der Waals surface area contributed by atoms with Crippen molar-refractivity contribution in [3.05, 3.63) is 40.9 Å². The number of halogens is 3. The van der Waals surface area contributed by atoms with E-state index in [4.69, 9.17) is 5.11 Å². The fourth-order valence-electron chi connectivity index (χ4n) is 1.41. The second-order valence-electron chi connectivity index (χ2n) is 3.38. The molecule has 0 spiro atoms. The molecule has 0 saturated heterocycles. The first-order valence-corrected chi connectivity index (χ1v) is 5.57. The molecule has 0 amide bonds. The number of aromatic carboxylic acids is 1. The van der Waals surface area contributed by atoms with Crippen LogP contribution in [-0.2, 0) is 6.18 Å². The van der Waals surface area contributed by atoms with Gasteiger partial charge in [0.1, 0.15) is 9.88 Å². The van der Waals surface area contributed by atoms with E-state index in [-0.39, 0.29) is 15.4 Å². The van der Waals surface area contributed by atoms with Gasteiger partial charge in [0.05, 0.1) is 11.8 Å². The van der Waals surface area contributed by atoms with Crippen LogP contribution in [0.25, 0.3) is 10.6 Å². The fraction of sp³-hybridized carbons (Fsp3) is 0.0909. The summed E-state index contributed by atoms with van der Waals surface area (Å²) in [6.07, 6.45) is -3.44. The van der Waals surface area contributed by atoms with Gasteiger partial charge in [0, 0.05) is 5.56 Å². The van der Waals surface area contributed by atoms with E-state index in [1.54, 1.807) is 0 Å². The van der Waals surface area contributed by atoms with Crippen LogP contribution in [0.2, 0.25) is 0 Å². The number of hydrogen-bond acceptors (Lipinski definition) is 3. The Kier molecular flexibility index (Phi) is 3.08. The lowest BCUT2D eigenvalue weighted by Gasteiger charge is -2.10. The van der Waals surface area contributed by atoms with E-state index in [1.807, 2.05) is 0 Å². The SMILES string of the molecule is O=C(O)c1cnc(-c2ccccc2C(F)(F)F)s1. The van der Waals surface area contributed by atoms with Gasteiger partial charge in [-0.25, -0.2) is 9.78 Å². The monoisotopic (exact) mass is 273 g/mol. The number of thiazole rings is 1. The molecule has 3 nitrogen and oxygen atoms in total. The summed E-state index contributed by atoms with van der Waals surface area (Å²) in [5.74, 6) is -1.21. The molecule has 7 heteroatoms. The lowest BCUT2D eigenvalue weighted by Crippen LogP contribution is -2.06. The lowest BCUT2D eigenvalue weighted by atomic mass is 10.1. The summed E-state index contributed by atoms with van der Waals surface area (Å²) < 4.78 is 38.3. The van der Waals surface area contributed by atoms with Crippen molar-refractivity contribution in [3.63, 3.8) is 0 Å². The third kappa shape index (κ3) is 2.35. The number of carbonyl (C=O) groups is 1. The van der Waals surface area contributed by atoms with Gasteiger partial charge in [-0.1, -0.05) is 18.2 Å². The number of rotatable bonds is 2. The van der Waals surface area contributed by atoms with Crippen LogP contribution < -0.4 is 0 Å². The van der Waals surface area contributed by atoms with E-state index in [9.17, 15) is 18.0 Å². The van der Waals surface area contributed by atoms with Gasteiger partial charge in [-0.3, -0.25) is 0 Å². The summed E-state index contributed by atoms with van der Waals surface area (Å²) in [5.41, 5.74) is -0.932. The van der Waals surface area contributed by atoms with Crippen LogP contribution in [0, 0.1) is 0 Å². The largest absolute Gasteiger partial charge is 0.477 e. The topological polar surface area (TPSA) is 50.2 Å². The molecule has 0 unspecified atom stereocenters. The molecule has 0 fully saturated rings. The number of hydrogen-bond donors (Lipinski definition) is 1. The summed E-state index contributed by atoms with van der Waals surface area (Å²) in [7, 11) is 0. The van der Waals surface area contributed by atoms with Gasteiger partial charge in [-0.2, -0.15) is 13.2 Å². The Morgan fingerprint density at radius 2 is 1.94 bits per heavy atom. The first-order valence-electron chi connectivity index (χ1n) is 4.75. The number of alkyl halides is 3. The number of nitrogens with zero attached hydrogens (tertiary/aromatic N) is 1. The number of aromatic nitrogens is 1. The molecular formula is C11H6F3NO2S. The quantitative estimate of drug-likeness (QED) is 0.910. The minimum atomic E-state index is -4.49. The molecule has 2 aromatic rings. The van der Waals surface area contributed by atoms with Crippen molar-refractivity contribution in [3.8, 4) is 10.6 Å². The summed E-state index contributed by atoms with van der Waals surface area (Å²) in [6, 6.07) is 4.94. The van der Waals surface area contributed by atoms with E-state index in [1.165, 1.54) is 18.2 Å². The van der Waals surface area contributed by atoms with Crippen molar-refractivity contribution < 1.29 is 23.1 Å². The Morgan fingerprint density at radius 1 is 1.28 bits per heavy atom. The van der Waals surface area contributed by atoms with Crippen LogP contribution in [-0.4, -0.2) is 16.1 Å². The Labute approximate surface area is 104 Å². The van der Waals surface area contributed by atoms with Crippen molar-refractivity contribution in [2.75, 3.05) is 0 Å². The molecule has 1 aromatic carbocycles. The maximum atomic E-state index is 12.8. The molecule has 1 heterocycles. The third-order valence-corrected chi connectivity index (χ3v) is 3.20. The van der Waals surface area contributed by atoms with Gasteiger partial charge in [0.2, 0.25) is 0 Å². The first kappa shape index (κ1) is 12.6. The highest BCUT2D eigenvalue weighted by Gasteiger charge is 2.34. The Bertz CT molecular complexity index is 592. The van der Waals surface area contributed by atoms with Crippen molar-refractivity contribution >= 4 is 17.3 Å². The minimum absolute atomic E-state index is 0.0420. The molecule has 94 valence electrons. The highest BCUT2D eigenvalue weighted by atomic mass is 32.1. The summed E-state index contributed by atoms with van der Waals surface area (Å²) >= 11 is 0.714. The molecule has 0 aliphatic heterocycles. The van der Waals surface area contributed by atoms with Gasteiger partial charge in [-0.05, 0) is 6.07 Å². The second kappa shape index (κ2) is 4.41. The molecule has 0 bridgehead atoms. The third-order valence-electron chi connectivity index (χ3n) is 2.18. The van der Waals surface area contributed by atoms with Gasteiger partial charge in [0.25, 0.3) is 0 Å². The van der Waals surface area contributed by atoms with Gasteiger partial charge in [-0.15, -0.1) is 11.3 Å². The molecule has 1 N–H and O–H groups in total. The van der Waals surface area contributed by atoms with Crippen LogP contribution >= 0.6 is 11.3 Å². The van der Waals surface area contributed by atoms with Gasteiger partial charge in [0.15, 0.2) is 0 Å². The Morgan fingerprint density at radius 3 is 2.50 bits per heavy atom. The van der Waals surface area contributed by atoms with Crippen molar-refractivity contribution in [1.29, 1.82) is 0 Å². The maximum Gasteiger partial charge on any atom is 0.417 e. The molecule has 0 aliphatic rings. The predicted octanol–water partition coefficient (Wildman–Crippen LogP) is 3.53. The lowest BCUT2D eigenvalue weighted by molar-refractivity contribution is -0.137. The van der Waals surface area contributed by atoms with E-state index < -0.39 is 17.7 Å². The normalized spacial score (nSPS) is 11.5. The molecule has 0 radical (unpaired) electrons. The Hall–Kier alpha value is -1.89. The number of carboxylic acids is 1. The highest BCUT2D eigenvalue weighted by molar-refractivity contribution is 7.16. The van der Waals surface area contributed by atoms with Crippen LogP contribution in [0.3, 0.4) is 0 Å². The van der Waals surface area contributed by atoms with Crippen LogP contribution in [0.4, 0.5) is 13.2 Å². The molecule has 18 heavy (non-hydrogen) atoms. The van der Waals surface area contributed by atoms with E-state index in [0.29, 0.717) is 11.3 Å². The molecule has 0 atom stereocenters. The van der Waals surface area contributed by atoms with E-state index >= 15 is 0 Å². The van der Waals surface area contributed by atoms with Crippen LogP contribution in [0.5, 0.6) is 0 Å². The van der Waals surface area contributed by atoms with Crippen LogP contribution in [0.1, 0.15) is 15.2 Å². The smallest absolute Gasteiger partial charge is 0.417 e. The zero-order chi connectivity index (χ0) is 13.3. The standard InChI is InChI=1S/C11H6F3NO2S/c12-11(13,14)7-4-2-1-3-6(7)9-15-5-8(18-9)10(16)17/h1-5H,(H,16,17). The summed E-state index contributed by atoms with van der Waals surface area (Å²) in [5, 5.41) is 8.76. The van der Waals surface area contributed by atoms with Crippen molar-refractivity contribution in [1.82, 2.24) is 4.98 Å². The van der Waals surface area contributed by atoms with E-state index in [2.05, 4.69) is 4.98 Å². The van der Waals surface area contributed by atoms with Crippen molar-refractivity contribution in [2.45, 2.75) is 6.18 Å². The van der Waals surface area contributed by atoms with E-state index in [0.717, 1.165) is 12.3 Å². The molecular weight excluding hydrogens is 267 g/mol. The van der Waals surface area contributed by atoms with Gasteiger partial charge >= 0.3 is 12.1 Å². The number of carboxylic acid groups (broad SMARTS) is 1. The summed E-state index contributed by atoms with van der Waals surface area (Å²) in [4.78, 5) is 14.3. The Balaban J connectivity index is 2.53. The molecule has 0 aliphatic carbocycles. The molecule has 0 saturated carbocycles. The zero-order valence-corrected chi connectivity index (χ0v) is 9.55. The minimum Gasteiger partial charge on any atom is -0.477 e.